The number of unbranched alkanes of at least 4 members (excludes halogenated alkanes) is 6. The molecule has 59 heavy (non-hydrogen) atoms. The summed E-state index contributed by atoms with van der Waals surface area (Å²) in [6, 6.07) is 16.3. The van der Waals surface area contributed by atoms with Crippen molar-refractivity contribution in [3.63, 3.8) is 0 Å². The van der Waals surface area contributed by atoms with Gasteiger partial charge in [0, 0.05) is 12.8 Å². The first-order valence-corrected chi connectivity index (χ1v) is 22.0. The number of benzene rings is 2. The van der Waals surface area contributed by atoms with E-state index in [0.29, 0.717) is 6.42 Å². The lowest BCUT2D eigenvalue weighted by molar-refractivity contribution is -0.158. The first-order chi connectivity index (χ1) is 28.5. The molecule has 0 aliphatic carbocycles. The summed E-state index contributed by atoms with van der Waals surface area (Å²) in [6.07, 6.45) is 13.1. The van der Waals surface area contributed by atoms with Gasteiger partial charge in [0.15, 0.2) is 22.6 Å². The summed E-state index contributed by atoms with van der Waals surface area (Å²) in [5, 5.41) is 2.85. The number of terminal acetylenes is 1. The number of ether oxygens (including phenoxy) is 3. The number of nitrogen functional groups attached to an aromatic ring is 1. The molecule has 318 valence electrons. The highest BCUT2D eigenvalue weighted by atomic mass is 31.2. The van der Waals surface area contributed by atoms with Crippen LogP contribution >= 0.6 is 7.75 Å². The van der Waals surface area contributed by atoms with Crippen molar-refractivity contribution in [2.75, 3.05) is 18.9 Å². The summed E-state index contributed by atoms with van der Waals surface area (Å²) in [5.74, 6) is 1.58. The van der Waals surface area contributed by atoms with E-state index in [2.05, 4.69) is 32.9 Å². The van der Waals surface area contributed by atoms with E-state index in [0.717, 1.165) is 50.5 Å². The molecule has 14 nitrogen and oxygen atoms in total. The van der Waals surface area contributed by atoms with E-state index in [1.54, 1.807) is 30.3 Å². The third-order valence-corrected chi connectivity index (χ3v) is 12.0. The Morgan fingerprint density at radius 1 is 1.03 bits per heavy atom. The molecule has 3 N–H and O–H groups in total. The van der Waals surface area contributed by atoms with E-state index in [9.17, 15) is 14.0 Å². The Balaban J connectivity index is 1.44. The van der Waals surface area contributed by atoms with Crippen molar-refractivity contribution in [1.82, 2.24) is 24.6 Å². The van der Waals surface area contributed by atoms with Crippen LogP contribution in [0.15, 0.2) is 67.0 Å². The number of hydrogen-bond acceptors (Lipinski definition) is 12. The molecule has 2 aromatic carbocycles. The summed E-state index contributed by atoms with van der Waals surface area (Å²) < 4.78 is 61.3. The second-order valence-corrected chi connectivity index (χ2v) is 16.4. The molecule has 1 fully saturated rings. The maximum absolute atomic E-state index is 15.0. The lowest BCUT2D eigenvalue weighted by Crippen LogP contribution is -2.46. The van der Waals surface area contributed by atoms with Crippen LogP contribution in [0.4, 0.5) is 10.2 Å². The number of rotatable bonds is 24. The standard InChI is InChI=1S/C43H56FN6O8P/c1-5-9-10-11-12-13-20-25-37(51)56-35-27-36(50-30-46-38-39(45)47-42(44)48-40(38)50)57-43(35,8-4)29-55-59(53,58-33-23-18-15-19-24-33)49-34(26-32-21-16-14-17-22-32)41(52)54-28-31(6-2)7-3/h4,14-19,21-24,30-31,34-36H,5-7,9-13,20,25-29H2,1-3H3,(H,49,53)(H2,45,47,48)/t34?,35-,36+,43+,59-/m0/s1. The monoisotopic (exact) mass is 834 g/mol. The molecule has 5 rings (SSSR count). The van der Waals surface area contributed by atoms with Crippen molar-refractivity contribution < 1.29 is 41.8 Å². The molecule has 0 saturated carbocycles. The highest BCUT2D eigenvalue weighted by molar-refractivity contribution is 7.52. The Labute approximate surface area is 345 Å². The van der Waals surface area contributed by atoms with Gasteiger partial charge in [0.2, 0.25) is 0 Å². The molecule has 4 aromatic rings. The number of imidazole rings is 1. The molecule has 0 radical (unpaired) electrons. The summed E-state index contributed by atoms with van der Waals surface area (Å²) in [7, 11) is -4.56. The molecule has 1 aliphatic heterocycles. The number of para-hydroxylation sites is 1. The normalized spacial score (nSPS) is 19.3. The zero-order chi connectivity index (χ0) is 42.3. The van der Waals surface area contributed by atoms with Crippen LogP contribution in [0.3, 0.4) is 0 Å². The summed E-state index contributed by atoms with van der Waals surface area (Å²) in [6.45, 7) is 5.74. The van der Waals surface area contributed by atoms with Gasteiger partial charge in [-0.25, -0.2) is 9.55 Å². The Morgan fingerprint density at radius 3 is 2.39 bits per heavy atom. The largest absolute Gasteiger partial charge is 0.464 e. The van der Waals surface area contributed by atoms with Crippen molar-refractivity contribution in [3.05, 3.63) is 78.6 Å². The molecule has 16 heteroatoms. The first-order valence-electron chi connectivity index (χ1n) is 20.5. The predicted molar refractivity (Wildman–Crippen MR) is 221 cm³/mol. The SMILES string of the molecule is C#C[C@]1(CO[P@@](=O)(NC(Cc2ccccc2)C(=O)OCC(CC)CC)Oc2ccccc2)O[C@@H](n2cnc3c(N)nc(F)nc32)C[C@@H]1OC(=O)CCCCCCCCC. The molecule has 0 spiro atoms. The van der Waals surface area contributed by atoms with Crippen molar-refractivity contribution in [3.8, 4) is 18.1 Å². The van der Waals surface area contributed by atoms with E-state index in [1.165, 1.54) is 17.3 Å². The van der Waals surface area contributed by atoms with Crippen molar-refractivity contribution in [1.29, 1.82) is 0 Å². The quantitative estimate of drug-likeness (QED) is 0.0227. The summed E-state index contributed by atoms with van der Waals surface area (Å²) >= 11 is 0. The third kappa shape index (κ3) is 12.6. The van der Waals surface area contributed by atoms with E-state index in [1.807, 2.05) is 44.2 Å². The number of esters is 2. The number of hydrogen-bond donors (Lipinski definition) is 2. The predicted octanol–water partition coefficient (Wildman–Crippen LogP) is 8.28. The van der Waals surface area contributed by atoms with Crippen LogP contribution in [-0.4, -0.2) is 62.4 Å². The van der Waals surface area contributed by atoms with E-state index in [4.69, 9.17) is 35.4 Å². The van der Waals surface area contributed by atoms with Gasteiger partial charge in [-0.1, -0.05) is 127 Å². The van der Waals surface area contributed by atoms with Gasteiger partial charge in [0.25, 0.3) is 0 Å². The number of nitrogens with zero attached hydrogens (tertiary/aromatic N) is 4. The minimum absolute atomic E-state index is 0.0253. The third-order valence-electron chi connectivity index (χ3n) is 10.4. The fourth-order valence-corrected chi connectivity index (χ4v) is 8.37. The highest BCUT2D eigenvalue weighted by Crippen LogP contribution is 2.49. The van der Waals surface area contributed by atoms with Gasteiger partial charge in [-0.2, -0.15) is 19.4 Å². The number of fused-ring (bicyclic) bond motifs is 1. The van der Waals surface area contributed by atoms with Gasteiger partial charge in [-0.3, -0.25) is 18.7 Å². The number of aromatic nitrogens is 4. The molecular weight excluding hydrogens is 778 g/mol. The Bertz CT molecular complexity index is 2050. The average molecular weight is 835 g/mol. The van der Waals surface area contributed by atoms with Gasteiger partial charge in [-0.05, 0) is 36.5 Å². The molecule has 5 atom stereocenters. The number of carbonyl (C=O) groups is 2. The second-order valence-electron chi connectivity index (χ2n) is 14.8. The van der Waals surface area contributed by atoms with Crippen LogP contribution in [0.25, 0.3) is 11.2 Å². The lowest BCUT2D eigenvalue weighted by atomic mass is 9.98. The summed E-state index contributed by atoms with van der Waals surface area (Å²) in [4.78, 5) is 38.9. The van der Waals surface area contributed by atoms with Crippen LogP contribution in [0.2, 0.25) is 0 Å². The highest BCUT2D eigenvalue weighted by Gasteiger charge is 2.53. The van der Waals surface area contributed by atoms with Crippen LogP contribution in [-0.2, 0) is 39.3 Å². The van der Waals surface area contributed by atoms with Gasteiger partial charge >= 0.3 is 25.8 Å². The number of nitrogens with one attached hydrogen (secondary N) is 1. The molecule has 1 saturated heterocycles. The minimum atomic E-state index is -4.56. The van der Waals surface area contributed by atoms with Crippen molar-refractivity contribution >= 4 is 36.7 Å². The molecule has 0 bridgehead atoms. The van der Waals surface area contributed by atoms with Gasteiger partial charge in [0.1, 0.15) is 30.7 Å². The molecule has 2 aromatic heterocycles. The smallest absolute Gasteiger partial charge is 0.459 e. The maximum Gasteiger partial charge on any atom is 0.459 e. The van der Waals surface area contributed by atoms with Crippen molar-refractivity contribution in [2.24, 2.45) is 5.92 Å². The fourth-order valence-electron chi connectivity index (χ4n) is 6.85. The van der Waals surface area contributed by atoms with Crippen LogP contribution in [0.5, 0.6) is 5.75 Å². The Hall–Kier alpha value is -4.87. The number of halogens is 1. The first kappa shape index (κ1) is 45.2. The molecule has 0 amide bonds. The van der Waals surface area contributed by atoms with Gasteiger partial charge in [-0.15, -0.1) is 6.42 Å². The Morgan fingerprint density at radius 2 is 1.71 bits per heavy atom. The molecule has 3 heterocycles. The summed E-state index contributed by atoms with van der Waals surface area (Å²) in [5.41, 5.74) is 4.99. The Kier molecular flexibility index (Phi) is 16.8. The lowest BCUT2D eigenvalue weighted by Gasteiger charge is -2.31. The van der Waals surface area contributed by atoms with Gasteiger partial charge < -0.3 is 24.5 Å². The van der Waals surface area contributed by atoms with Gasteiger partial charge in [0.05, 0.1) is 12.9 Å². The van der Waals surface area contributed by atoms with Crippen LogP contribution in [0, 0.1) is 24.3 Å². The topological polar surface area (TPSA) is 179 Å². The minimum Gasteiger partial charge on any atom is -0.464 e. The number of anilines is 1. The van der Waals surface area contributed by atoms with Crippen molar-refractivity contribution in [2.45, 2.75) is 122 Å². The van der Waals surface area contributed by atoms with Crippen LogP contribution < -0.4 is 15.3 Å². The zero-order valence-electron chi connectivity index (χ0n) is 34.1. The van der Waals surface area contributed by atoms with E-state index in [-0.39, 0.29) is 54.5 Å². The fraction of sp³-hybridized carbons (Fsp3) is 0.512. The van der Waals surface area contributed by atoms with E-state index >= 15 is 4.57 Å². The molecule has 1 aliphatic rings. The zero-order valence-corrected chi connectivity index (χ0v) is 35.0. The molecular formula is C43H56FN6O8P. The van der Waals surface area contributed by atoms with E-state index < -0.39 is 56.3 Å². The maximum atomic E-state index is 15.0. The second kappa shape index (κ2) is 21.9. The average Bonchev–Trinajstić information content (AvgIpc) is 3.82. The number of nitrogens with two attached hydrogens (primary N) is 1. The number of carbonyl (C=O) groups excluding carboxylic acids is 2. The molecule has 1 unspecified atom stereocenters. The van der Waals surface area contributed by atoms with Crippen LogP contribution in [0.1, 0.15) is 103 Å².